The number of benzene rings is 10. The van der Waals surface area contributed by atoms with E-state index in [1.165, 1.54) is 54.8 Å². The Kier molecular flexibility index (Phi) is 8.17. The third-order valence-corrected chi connectivity index (χ3v) is 12.2. The molecule has 0 aliphatic rings. The van der Waals surface area contributed by atoms with E-state index in [4.69, 9.17) is 4.42 Å². The van der Waals surface area contributed by atoms with Gasteiger partial charge >= 0.3 is 0 Å². The Morgan fingerprint density at radius 3 is 1.56 bits per heavy atom. The van der Waals surface area contributed by atoms with Crippen LogP contribution in [0.3, 0.4) is 0 Å². The van der Waals surface area contributed by atoms with Gasteiger partial charge in [0.1, 0.15) is 11.2 Å². The van der Waals surface area contributed by atoms with E-state index in [-0.39, 0.29) is 0 Å². The number of para-hydroxylation sites is 3. The van der Waals surface area contributed by atoms with Crippen LogP contribution in [0, 0.1) is 0 Å². The largest absolute Gasteiger partial charge is 0.456 e. The van der Waals surface area contributed by atoms with Gasteiger partial charge in [-0.1, -0.05) is 164 Å². The quantitative estimate of drug-likeness (QED) is 0.161. The molecule has 0 radical (unpaired) electrons. The van der Waals surface area contributed by atoms with E-state index in [1.807, 2.05) is 6.07 Å². The molecule has 0 N–H and O–H groups in total. The number of fused-ring (bicyclic) bond motifs is 7. The third kappa shape index (κ3) is 5.82. The Bertz CT molecular complexity index is 3520. The topological polar surface area (TPSA) is 21.3 Å². The van der Waals surface area contributed by atoms with Gasteiger partial charge in [-0.15, -0.1) is 0 Å². The highest BCUT2D eigenvalue weighted by Crippen LogP contribution is 2.45. The molecule has 0 aliphatic carbocycles. The van der Waals surface area contributed by atoms with Crippen LogP contribution in [0.5, 0.6) is 0 Å². The summed E-state index contributed by atoms with van der Waals surface area (Å²) in [6.45, 7) is 0. The summed E-state index contributed by atoms with van der Waals surface area (Å²) >= 11 is 0. The van der Waals surface area contributed by atoms with Gasteiger partial charge in [0.2, 0.25) is 0 Å². The molecule has 0 saturated carbocycles. The van der Waals surface area contributed by atoms with Crippen molar-refractivity contribution >= 4 is 71.6 Å². The molecule has 3 heteroatoms. The zero-order valence-corrected chi connectivity index (χ0v) is 33.2. The van der Waals surface area contributed by atoms with Gasteiger partial charge in [-0.2, -0.15) is 0 Å². The van der Waals surface area contributed by atoms with E-state index >= 15 is 0 Å². The molecule has 0 unspecified atom stereocenters. The van der Waals surface area contributed by atoms with E-state index in [2.05, 4.69) is 234 Å². The van der Waals surface area contributed by atoms with E-state index in [0.29, 0.717) is 0 Å². The summed E-state index contributed by atoms with van der Waals surface area (Å²) in [4.78, 5) is 2.40. The summed E-state index contributed by atoms with van der Waals surface area (Å²) in [6.07, 6.45) is 0. The Morgan fingerprint density at radius 2 is 0.852 bits per heavy atom. The smallest absolute Gasteiger partial charge is 0.136 e. The zero-order valence-electron chi connectivity index (χ0n) is 33.2. The van der Waals surface area contributed by atoms with Crippen molar-refractivity contribution in [1.82, 2.24) is 4.57 Å². The maximum Gasteiger partial charge on any atom is 0.136 e. The fourth-order valence-electron chi connectivity index (χ4n) is 9.40. The number of furan rings is 1. The minimum absolute atomic E-state index is 0.896. The van der Waals surface area contributed by atoms with Gasteiger partial charge in [0.15, 0.2) is 0 Å². The maximum atomic E-state index is 6.34. The van der Waals surface area contributed by atoms with E-state index in [0.717, 1.165) is 55.8 Å². The molecule has 0 spiro atoms. The first-order valence-electron chi connectivity index (χ1n) is 20.8. The first-order valence-corrected chi connectivity index (χ1v) is 20.8. The third-order valence-electron chi connectivity index (χ3n) is 12.2. The fraction of sp³-hybridized carbons (Fsp3) is 0. The number of aromatic nitrogens is 1. The van der Waals surface area contributed by atoms with Crippen molar-refractivity contribution in [1.29, 1.82) is 0 Å². The van der Waals surface area contributed by atoms with Crippen LogP contribution in [0.25, 0.3) is 93.6 Å². The molecule has 0 saturated heterocycles. The van der Waals surface area contributed by atoms with Crippen LogP contribution < -0.4 is 4.90 Å². The van der Waals surface area contributed by atoms with Gasteiger partial charge in [-0.05, 0) is 105 Å². The molecule has 12 rings (SSSR count). The van der Waals surface area contributed by atoms with Crippen molar-refractivity contribution in [3.63, 3.8) is 0 Å². The summed E-state index contributed by atoms with van der Waals surface area (Å²) in [6, 6.07) is 82.9. The second kappa shape index (κ2) is 14.3. The molecule has 61 heavy (non-hydrogen) atoms. The van der Waals surface area contributed by atoms with Crippen molar-refractivity contribution < 1.29 is 4.42 Å². The summed E-state index contributed by atoms with van der Waals surface area (Å²) in [7, 11) is 0. The molecule has 10 aromatic carbocycles. The predicted octanol–water partition coefficient (Wildman–Crippen LogP) is 16.3. The minimum atomic E-state index is 0.896. The molecule has 0 aliphatic heterocycles. The number of hydrogen-bond donors (Lipinski definition) is 0. The first-order chi connectivity index (χ1) is 30.3. The number of hydrogen-bond acceptors (Lipinski definition) is 2. The van der Waals surface area contributed by atoms with Crippen LogP contribution >= 0.6 is 0 Å². The lowest BCUT2D eigenvalue weighted by Gasteiger charge is -2.28. The van der Waals surface area contributed by atoms with Crippen molar-refractivity contribution in [2.45, 2.75) is 0 Å². The van der Waals surface area contributed by atoms with E-state index < -0.39 is 0 Å². The normalized spacial score (nSPS) is 11.6. The lowest BCUT2D eigenvalue weighted by molar-refractivity contribution is 0.669. The molecular formula is C58H38N2O. The number of rotatable bonds is 7. The average molecular weight is 779 g/mol. The van der Waals surface area contributed by atoms with Gasteiger partial charge in [0.25, 0.3) is 0 Å². The molecule has 0 atom stereocenters. The molecule has 2 aromatic heterocycles. The van der Waals surface area contributed by atoms with Crippen molar-refractivity contribution in [2.24, 2.45) is 0 Å². The van der Waals surface area contributed by atoms with Gasteiger partial charge in [0.05, 0.1) is 16.7 Å². The van der Waals surface area contributed by atoms with Crippen LogP contribution in [-0.2, 0) is 0 Å². The summed E-state index contributed by atoms with van der Waals surface area (Å²) < 4.78 is 8.72. The number of anilines is 3. The highest BCUT2D eigenvalue weighted by atomic mass is 16.3. The van der Waals surface area contributed by atoms with E-state index in [9.17, 15) is 0 Å². The van der Waals surface area contributed by atoms with Crippen LogP contribution in [0.1, 0.15) is 0 Å². The highest BCUT2D eigenvalue weighted by Gasteiger charge is 2.20. The molecule has 12 aromatic rings. The Morgan fingerprint density at radius 1 is 0.328 bits per heavy atom. The molecule has 3 nitrogen and oxygen atoms in total. The molecule has 2 heterocycles. The second-order valence-corrected chi connectivity index (χ2v) is 15.7. The molecule has 0 bridgehead atoms. The first kappa shape index (κ1) is 34.9. The van der Waals surface area contributed by atoms with Crippen LogP contribution in [0.15, 0.2) is 235 Å². The maximum absolute atomic E-state index is 6.34. The van der Waals surface area contributed by atoms with Gasteiger partial charge < -0.3 is 13.9 Å². The Balaban J connectivity index is 0.990. The average Bonchev–Trinajstić information content (AvgIpc) is 3.89. The highest BCUT2D eigenvalue weighted by molar-refractivity contribution is 6.17. The van der Waals surface area contributed by atoms with E-state index in [1.54, 1.807) is 0 Å². The summed E-state index contributed by atoms with van der Waals surface area (Å²) in [5.41, 5.74) is 15.7. The van der Waals surface area contributed by atoms with Crippen molar-refractivity contribution in [3.05, 3.63) is 231 Å². The zero-order chi connectivity index (χ0) is 40.3. The monoisotopic (exact) mass is 778 g/mol. The SMILES string of the molecule is c1ccc(-c2ccc(N(c3ccc(-c4cccc(-n5c6ccccc6c6ccccc65)c4)cc3)c3ccc(-c4cccc5oc6ccccc6c45)c4ccccc34)cc2)cc1. The Hall–Kier alpha value is -8.14. The van der Waals surface area contributed by atoms with Crippen molar-refractivity contribution in [2.75, 3.05) is 4.90 Å². The molecular weight excluding hydrogens is 741 g/mol. The summed E-state index contributed by atoms with van der Waals surface area (Å²) in [5, 5.41) is 7.14. The Labute approximate surface area is 353 Å². The number of nitrogens with zero attached hydrogens (tertiary/aromatic N) is 2. The standard InChI is InChI=1S/C58H38N2O/c1-2-14-39(15-3-1)40-28-32-43(33-29-40)59(55-37-36-47(46-18-4-5-19-48(46)55)51-23-13-27-57-58(51)52-22-8-11-26-56(52)61-57)44-34-30-41(31-35-44)42-16-12-17-45(38-42)60-53-24-9-6-20-49(53)50-21-7-10-25-54(50)60/h1-38H. The second-order valence-electron chi connectivity index (χ2n) is 15.7. The van der Waals surface area contributed by atoms with Gasteiger partial charge in [-0.25, -0.2) is 0 Å². The van der Waals surface area contributed by atoms with Gasteiger partial charge in [-0.3, -0.25) is 0 Å². The molecule has 0 amide bonds. The van der Waals surface area contributed by atoms with Crippen LogP contribution in [0.2, 0.25) is 0 Å². The van der Waals surface area contributed by atoms with Crippen LogP contribution in [-0.4, -0.2) is 4.57 Å². The minimum Gasteiger partial charge on any atom is -0.456 e. The summed E-state index contributed by atoms with van der Waals surface area (Å²) in [5.74, 6) is 0. The lowest BCUT2D eigenvalue weighted by atomic mass is 9.93. The van der Waals surface area contributed by atoms with Crippen LogP contribution in [0.4, 0.5) is 17.1 Å². The lowest BCUT2D eigenvalue weighted by Crippen LogP contribution is -2.10. The predicted molar refractivity (Wildman–Crippen MR) is 257 cm³/mol. The molecule has 286 valence electrons. The van der Waals surface area contributed by atoms with Crippen molar-refractivity contribution in [3.8, 4) is 39.1 Å². The molecule has 0 fully saturated rings. The van der Waals surface area contributed by atoms with Gasteiger partial charge in [0, 0.05) is 44.0 Å². The fourth-order valence-corrected chi connectivity index (χ4v) is 9.40.